The molecule has 0 aromatic carbocycles. The van der Waals surface area contributed by atoms with Gasteiger partial charge in [0.05, 0.1) is 5.69 Å². The third-order valence-electron chi connectivity index (χ3n) is 2.42. The molecule has 4 heteroatoms. The van der Waals surface area contributed by atoms with Crippen LogP contribution < -0.4 is 0 Å². The molecule has 1 aliphatic heterocycles. The van der Waals surface area contributed by atoms with Crippen LogP contribution in [0.1, 0.15) is 23.9 Å². The lowest BCUT2D eigenvalue weighted by Gasteiger charge is -2.06. The number of fused-ring (bicyclic) bond motifs is 1. The maximum Gasteiger partial charge on any atom is 0.167 e. The zero-order valence-corrected chi connectivity index (χ0v) is 7.91. The molecule has 0 atom stereocenters. The van der Waals surface area contributed by atoms with E-state index in [1.54, 1.807) is 0 Å². The van der Waals surface area contributed by atoms with E-state index < -0.39 is 0 Å². The Morgan fingerprint density at radius 1 is 1.54 bits per heavy atom. The van der Waals surface area contributed by atoms with Crippen LogP contribution in [-0.2, 0) is 19.6 Å². The van der Waals surface area contributed by atoms with Crippen LogP contribution in [0, 0.1) is 11.3 Å². The van der Waals surface area contributed by atoms with Crippen molar-refractivity contribution in [1.82, 2.24) is 14.7 Å². The molecule has 0 N–H and O–H groups in total. The Labute approximate surface area is 77.4 Å². The van der Waals surface area contributed by atoms with Gasteiger partial charge in [0.1, 0.15) is 6.07 Å². The maximum absolute atomic E-state index is 8.85. The second-order valence-corrected chi connectivity index (χ2v) is 3.37. The number of aromatic nitrogens is 2. The lowest BCUT2D eigenvalue weighted by molar-refractivity contribution is 0.341. The third kappa shape index (κ3) is 1.12. The van der Waals surface area contributed by atoms with Gasteiger partial charge in [-0.1, -0.05) is 0 Å². The second-order valence-electron chi connectivity index (χ2n) is 3.37. The van der Waals surface area contributed by atoms with E-state index in [4.69, 9.17) is 5.26 Å². The summed E-state index contributed by atoms with van der Waals surface area (Å²) < 4.78 is 1.93. The molecule has 68 valence electrons. The zero-order chi connectivity index (χ0) is 9.42. The predicted octanol–water partition coefficient (Wildman–Crippen LogP) is 0.720. The average Bonchev–Trinajstić information content (AvgIpc) is 2.61. The molecule has 2 rings (SSSR count). The maximum atomic E-state index is 8.85. The van der Waals surface area contributed by atoms with E-state index >= 15 is 0 Å². The van der Waals surface area contributed by atoms with Gasteiger partial charge in [0.15, 0.2) is 5.69 Å². The first-order valence-corrected chi connectivity index (χ1v) is 4.43. The molecule has 1 aromatic rings. The molecule has 1 aromatic heterocycles. The molecule has 13 heavy (non-hydrogen) atoms. The molecule has 0 saturated heterocycles. The highest BCUT2D eigenvalue weighted by Crippen LogP contribution is 2.23. The highest BCUT2D eigenvalue weighted by molar-refractivity contribution is 5.37. The van der Waals surface area contributed by atoms with Gasteiger partial charge in [-0.2, -0.15) is 10.4 Å². The van der Waals surface area contributed by atoms with Gasteiger partial charge in [0.25, 0.3) is 0 Å². The van der Waals surface area contributed by atoms with E-state index in [9.17, 15) is 0 Å². The van der Waals surface area contributed by atoms with Crippen molar-refractivity contribution < 1.29 is 0 Å². The van der Waals surface area contributed by atoms with Gasteiger partial charge in [0, 0.05) is 25.2 Å². The summed E-state index contributed by atoms with van der Waals surface area (Å²) >= 11 is 0. The van der Waals surface area contributed by atoms with Crippen LogP contribution in [0.2, 0.25) is 0 Å². The van der Waals surface area contributed by atoms with Gasteiger partial charge in [-0.3, -0.25) is 9.58 Å². The van der Waals surface area contributed by atoms with Crippen LogP contribution in [0.25, 0.3) is 0 Å². The summed E-state index contributed by atoms with van der Waals surface area (Å²) in [5.74, 6) is 0. The van der Waals surface area contributed by atoms with Gasteiger partial charge in [-0.15, -0.1) is 0 Å². The summed E-state index contributed by atoms with van der Waals surface area (Å²) in [6.45, 7) is 4.67. The topological polar surface area (TPSA) is 44.9 Å². The fraction of sp³-hybridized carbons (Fsp3) is 0.556. The zero-order valence-electron chi connectivity index (χ0n) is 7.91. The van der Waals surface area contributed by atoms with Crippen LogP contribution >= 0.6 is 0 Å². The molecule has 0 spiro atoms. The van der Waals surface area contributed by atoms with Crippen molar-refractivity contribution in [2.24, 2.45) is 0 Å². The Kier molecular flexibility index (Phi) is 1.82. The van der Waals surface area contributed by atoms with Crippen LogP contribution in [0.5, 0.6) is 0 Å². The summed E-state index contributed by atoms with van der Waals surface area (Å²) in [4.78, 5) is 2.19. The summed E-state index contributed by atoms with van der Waals surface area (Å²) in [7, 11) is 2.06. The molecule has 0 bridgehead atoms. The van der Waals surface area contributed by atoms with Crippen LogP contribution in [-0.4, -0.2) is 21.7 Å². The van der Waals surface area contributed by atoms with E-state index in [2.05, 4.69) is 23.1 Å². The van der Waals surface area contributed by atoms with Crippen molar-refractivity contribution in [3.8, 4) is 6.07 Å². The molecule has 0 saturated carbocycles. The summed E-state index contributed by atoms with van der Waals surface area (Å²) in [5.41, 5.74) is 2.93. The smallest absolute Gasteiger partial charge is 0.167 e. The minimum absolute atomic E-state index is 0.598. The largest absolute Gasteiger partial charge is 0.296 e. The van der Waals surface area contributed by atoms with Crippen LogP contribution in [0.3, 0.4) is 0 Å². The molecule has 2 heterocycles. The molecule has 0 radical (unpaired) electrons. The predicted molar refractivity (Wildman–Crippen MR) is 47.8 cm³/mol. The molecule has 0 amide bonds. The highest BCUT2D eigenvalue weighted by atomic mass is 15.3. The molecular formula is C9H12N4. The number of nitrogens with zero attached hydrogens (tertiary/aromatic N) is 4. The molecule has 0 fully saturated rings. The monoisotopic (exact) mass is 176 g/mol. The SMILES string of the molecule is CCn1nc(C#N)c2c1CN(C)C2. The van der Waals surface area contributed by atoms with E-state index in [-0.39, 0.29) is 0 Å². The number of nitriles is 1. The van der Waals surface area contributed by atoms with Crippen molar-refractivity contribution >= 4 is 0 Å². The molecule has 0 unspecified atom stereocenters. The third-order valence-corrected chi connectivity index (χ3v) is 2.42. The Morgan fingerprint density at radius 3 is 2.92 bits per heavy atom. The van der Waals surface area contributed by atoms with Crippen LogP contribution in [0.4, 0.5) is 0 Å². The molecule has 4 nitrogen and oxygen atoms in total. The minimum Gasteiger partial charge on any atom is -0.296 e. The van der Waals surface area contributed by atoms with Gasteiger partial charge < -0.3 is 0 Å². The normalized spacial score (nSPS) is 15.8. The van der Waals surface area contributed by atoms with Gasteiger partial charge in [-0.05, 0) is 14.0 Å². The van der Waals surface area contributed by atoms with E-state index in [0.717, 1.165) is 25.2 Å². The standard InChI is InChI=1S/C9H12N4/c1-3-13-9-6-12(2)5-7(9)8(4-10)11-13/h3,5-6H2,1-2H3. The first-order chi connectivity index (χ1) is 6.26. The second kappa shape index (κ2) is 2.86. The first kappa shape index (κ1) is 8.27. The molecule has 0 aliphatic carbocycles. The van der Waals surface area contributed by atoms with Crippen molar-refractivity contribution in [3.63, 3.8) is 0 Å². The lowest BCUT2D eigenvalue weighted by atomic mass is 10.2. The van der Waals surface area contributed by atoms with E-state index in [0.29, 0.717) is 5.69 Å². The number of hydrogen-bond acceptors (Lipinski definition) is 3. The fourth-order valence-corrected chi connectivity index (χ4v) is 1.81. The molecular weight excluding hydrogens is 164 g/mol. The minimum atomic E-state index is 0.598. The van der Waals surface area contributed by atoms with Gasteiger partial charge in [0.2, 0.25) is 0 Å². The molecule has 1 aliphatic rings. The summed E-state index contributed by atoms with van der Waals surface area (Å²) in [6.07, 6.45) is 0. The van der Waals surface area contributed by atoms with Gasteiger partial charge in [-0.25, -0.2) is 0 Å². The van der Waals surface area contributed by atoms with Crippen molar-refractivity contribution in [2.75, 3.05) is 7.05 Å². The summed E-state index contributed by atoms with van der Waals surface area (Å²) in [6, 6.07) is 2.14. The average molecular weight is 176 g/mol. The van der Waals surface area contributed by atoms with Crippen LogP contribution in [0.15, 0.2) is 0 Å². The van der Waals surface area contributed by atoms with Crippen molar-refractivity contribution in [1.29, 1.82) is 5.26 Å². The Hall–Kier alpha value is -1.34. The Balaban J connectivity index is 2.51. The lowest BCUT2D eigenvalue weighted by Crippen LogP contribution is -2.12. The summed E-state index contributed by atoms with van der Waals surface area (Å²) in [5, 5.41) is 13.1. The van der Waals surface area contributed by atoms with Gasteiger partial charge >= 0.3 is 0 Å². The fourth-order valence-electron chi connectivity index (χ4n) is 1.81. The van der Waals surface area contributed by atoms with Crippen molar-refractivity contribution in [3.05, 3.63) is 17.0 Å². The number of rotatable bonds is 1. The van der Waals surface area contributed by atoms with E-state index in [1.807, 2.05) is 11.6 Å². The van der Waals surface area contributed by atoms with Crippen molar-refractivity contribution in [2.45, 2.75) is 26.6 Å². The quantitative estimate of drug-likeness (QED) is 0.633. The number of hydrogen-bond donors (Lipinski definition) is 0. The Bertz CT molecular complexity index is 372. The number of aryl methyl sites for hydroxylation is 1. The highest BCUT2D eigenvalue weighted by Gasteiger charge is 2.24. The van der Waals surface area contributed by atoms with E-state index in [1.165, 1.54) is 5.69 Å². The Morgan fingerprint density at radius 2 is 2.31 bits per heavy atom. The first-order valence-electron chi connectivity index (χ1n) is 4.43.